The smallest absolute Gasteiger partial charge is 0.00199 e. The Morgan fingerprint density at radius 1 is 0.833 bits per heavy atom. The summed E-state index contributed by atoms with van der Waals surface area (Å²) in [4.78, 5) is 1.53. The van der Waals surface area contributed by atoms with Crippen LogP contribution in [0.25, 0.3) is 17.2 Å². The van der Waals surface area contributed by atoms with Crippen LogP contribution in [-0.4, -0.2) is 5.75 Å². The van der Waals surface area contributed by atoms with Crippen LogP contribution < -0.4 is 0 Å². The number of hydrogen-bond donors (Lipinski definition) is 0. The predicted molar refractivity (Wildman–Crippen MR) is 81.5 cm³/mol. The maximum atomic E-state index is 2.33. The third kappa shape index (κ3) is 2.68. The Balaban J connectivity index is 1.83. The molecule has 0 bridgehead atoms. The van der Waals surface area contributed by atoms with Crippen LogP contribution in [0.2, 0.25) is 0 Å². The Morgan fingerprint density at radius 2 is 1.56 bits per heavy atom. The van der Waals surface area contributed by atoms with Crippen molar-refractivity contribution in [1.29, 1.82) is 0 Å². The van der Waals surface area contributed by atoms with Gasteiger partial charge < -0.3 is 0 Å². The van der Waals surface area contributed by atoms with E-state index < -0.39 is 0 Å². The lowest BCUT2D eigenvalue weighted by Crippen LogP contribution is -1.78. The predicted octanol–water partition coefficient (Wildman–Crippen LogP) is 5.22. The van der Waals surface area contributed by atoms with Gasteiger partial charge >= 0.3 is 0 Å². The number of allylic oxidation sites excluding steroid dienone is 1. The van der Waals surface area contributed by atoms with Crippen LogP contribution in [0.3, 0.4) is 0 Å². The molecule has 0 aliphatic carbocycles. The third-order valence-corrected chi connectivity index (χ3v) is 4.39. The number of rotatable bonds is 2. The van der Waals surface area contributed by atoms with Gasteiger partial charge in [-0.1, -0.05) is 54.6 Å². The number of benzene rings is 2. The van der Waals surface area contributed by atoms with Crippen molar-refractivity contribution in [1.82, 2.24) is 0 Å². The van der Waals surface area contributed by atoms with Crippen molar-refractivity contribution in [3.8, 4) is 11.1 Å². The van der Waals surface area contributed by atoms with Gasteiger partial charge in [-0.25, -0.2) is 0 Å². The quantitative estimate of drug-likeness (QED) is 0.706. The molecule has 1 heterocycles. The monoisotopic (exact) mass is 252 g/mol. The molecular formula is C17H16S. The van der Waals surface area contributed by atoms with E-state index in [9.17, 15) is 0 Å². The van der Waals surface area contributed by atoms with Gasteiger partial charge in [0.05, 0.1) is 0 Å². The van der Waals surface area contributed by atoms with E-state index in [2.05, 4.69) is 60.7 Å². The summed E-state index contributed by atoms with van der Waals surface area (Å²) in [7, 11) is 0. The van der Waals surface area contributed by atoms with Crippen LogP contribution in [0, 0.1) is 0 Å². The zero-order valence-corrected chi connectivity index (χ0v) is 11.1. The fourth-order valence-corrected chi connectivity index (χ4v) is 3.28. The summed E-state index contributed by atoms with van der Waals surface area (Å²) in [5.41, 5.74) is 3.89. The molecule has 0 nitrogen and oxygen atoms in total. The maximum absolute atomic E-state index is 2.33. The Morgan fingerprint density at radius 3 is 2.22 bits per heavy atom. The standard InChI is InChI=1S/C17H16S/c1-2-5-15(6-3-1)16-10-8-14(9-11-16)13-17-7-4-12-18-17/h1-3,5-6,8-11,13H,4,7,12H2. The zero-order valence-electron chi connectivity index (χ0n) is 10.3. The zero-order chi connectivity index (χ0) is 12.2. The van der Waals surface area contributed by atoms with Crippen molar-refractivity contribution in [3.05, 3.63) is 65.1 Å². The molecule has 0 atom stereocenters. The highest BCUT2D eigenvalue weighted by atomic mass is 32.2. The summed E-state index contributed by atoms with van der Waals surface area (Å²) in [6.07, 6.45) is 4.91. The van der Waals surface area contributed by atoms with E-state index >= 15 is 0 Å². The molecular weight excluding hydrogens is 236 g/mol. The van der Waals surface area contributed by atoms with Crippen LogP contribution in [0.15, 0.2) is 59.5 Å². The van der Waals surface area contributed by atoms with Gasteiger partial charge in [0.2, 0.25) is 0 Å². The minimum atomic E-state index is 1.26. The van der Waals surface area contributed by atoms with Gasteiger partial charge in [0, 0.05) is 0 Å². The van der Waals surface area contributed by atoms with Gasteiger partial charge in [-0.2, -0.15) is 0 Å². The summed E-state index contributed by atoms with van der Waals surface area (Å²) >= 11 is 2.00. The minimum Gasteiger partial charge on any atom is -0.131 e. The molecule has 0 amide bonds. The van der Waals surface area contributed by atoms with E-state index in [1.54, 1.807) is 0 Å². The van der Waals surface area contributed by atoms with E-state index in [1.165, 1.54) is 40.2 Å². The van der Waals surface area contributed by atoms with Crippen LogP contribution in [-0.2, 0) is 0 Å². The molecule has 3 rings (SSSR count). The molecule has 1 aliphatic rings. The lowest BCUT2D eigenvalue weighted by molar-refractivity contribution is 0.999. The van der Waals surface area contributed by atoms with Gasteiger partial charge in [-0.05, 0) is 46.3 Å². The summed E-state index contributed by atoms with van der Waals surface area (Å²) in [6, 6.07) is 19.4. The Labute approximate surface area is 113 Å². The molecule has 0 unspecified atom stereocenters. The minimum absolute atomic E-state index is 1.26. The third-order valence-electron chi connectivity index (χ3n) is 3.20. The molecule has 18 heavy (non-hydrogen) atoms. The molecule has 2 aromatic rings. The van der Waals surface area contributed by atoms with Crippen LogP contribution in [0.4, 0.5) is 0 Å². The normalized spacial score (nSPS) is 17.2. The molecule has 0 aromatic heterocycles. The Hall–Kier alpha value is -1.47. The molecule has 0 spiro atoms. The van der Waals surface area contributed by atoms with Crippen LogP contribution in [0.1, 0.15) is 18.4 Å². The fourth-order valence-electron chi connectivity index (χ4n) is 2.22. The highest BCUT2D eigenvalue weighted by Gasteiger charge is 2.06. The Kier molecular flexibility index (Phi) is 3.51. The maximum Gasteiger partial charge on any atom is -0.00199 e. The lowest BCUT2D eigenvalue weighted by Gasteiger charge is -2.02. The second-order valence-corrected chi connectivity index (χ2v) is 5.77. The van der Waals surface area contributed by atoms with Crippen molar-refractivity contribution in [2.75, 3.05) is 5.75 Å². The van der Waals surface area contributed by atoms with E-state index in [1.807, 2.05) is 11.8 Å². The second-order valence-electron chi connectivity index (χ2n) is 4.55. The van der Waals surface area contributed by atoms with Crippen molar-refractivity contribution in [2.24, 2.45) is 0 Å². The number of thioether (sulfide) groups is 1. The van der Waals surface area contributed by atoms with E-state index in [0.717, 1.165) is 0 Å². The van der Waals surface area contributed by atoms with Gasteiger partial charge in [0.15, 0.2) is 0 Å². The fraction of sp³-hybridized carbons (Fsp3) is 0.176. The molecule has 0 radical (unpaired) electrons. The summed E-state index contributed by atoms with van der Waals surface area (Å²) in [5.74, 6) is 1.29. The molecule has 1 aliphatic heterocycles. The average molecular weight is 252 g/mol. The van der Waals surface area contributed by atoms with Gasteiger partial charge in [0.1, 0.15) is 0 Å². The molecule has 0 N–H and O–H groups in total. The van der Waals surface area contributed by atoms with Crippen molar-refractivity contribution in [2.45, 2.75) is 12.8 Å². The van der Waals surface area contributed by atoms with E-state index in [-0.39, 0.29) is 0 Å². The first-order valence-corrected chi connectivity index (χ1v) is 7.39. The second kappa shape index (κ2) is 5.45. The lowest BCUT2D eigenvalue weighted by atomic mass is 10.0. The van der Waals surface area contributed by atoms with Gasteiger partial charge in [0.25, 0.3) is 0 Å². The van der Waals surface area contributed by atoms with Crippen molar-refractivity contribution in [3.63, 3.8) is 0 Å². The summed E-state index contributed by atoms with van der Waals surface area (Å²) in [6.45, 7) is 0. The number of hydrogen-bond acceptors (Lipinski definition) is 1. The molecule has 0 saturated carbocycles. The van der Waals surface area contributed by atoms with E-state index in [0.29, 0.717) is 0 Å². The highest BCUT2D eigenvalue weighted by molar-refractivity contribution is 8.03. The molecule has 1 heteroatoms. The Bertz CT molecular complexity index is 530. The first-order valence-electron chi connectivity index (χ1n) is 6.41. The molecule has 1 fully saturated rings. The van der Waals surface area contributed by atoms with Crippen molar-refractivity contribution < 1.29 is 0 Å². The molecule has 1 saturated heterocycles. The average Bonchev–Trinajstić information content (AvgIpc) is 2.94. The first kappa shape index (κ1) is 11.6. The van der Waals surface area contributed by atoms with Crippen LogP contribution >= 0.6 is 11.8 Å². The van der Waals surface area contributed by atoms with Gasteiger partial charge in [-0.15, -0.1) is 11.8 Å². The molecule has 90 valence electrons. The summed E-state index contributed by atoms with van der Waals surface area (Å²) < 4.78 is 0. The molecule has 2 aromatic carbocycles. The SMILES string of the molecule is C(=C1CCCS1)c1ccc(-c2ccccc2)cc1. The van der Waals surface area contributed by atoms with Gasteiger partial charge in [-0.3, -0.25) is 0 Å². The highest BCUT2D eigenvalue weighted by Crippen LogP contribution is 2.32. The first-order chi connectivity index (χ1) is 8.92. The largest absolute Gasteiger partial charge is 0.131 e. The van der Waals surface area contributed by atoms with E-state index in [4.69, 9.17) is 0 Å². The summed E-state index contributed by atoms with van der Waals surface area (Å²) in [5, 5.41) is 0. The van der Waals surface area contributed by atoms with Crippen molar-refractivity contribution >= 4 is 17.8 Å². The topological polar surface area (TPSA) is 0 Å². The van der Waals surface area contributed by atoms with Crippen LogP contribution in [0.5, 0.6) is 0 Å².